The topological polar surface area (TPSA) is 70.2 Å². The van der Waals surface area contributed by atoms with Gasteiger partial charge in [-0.2, -0.15) is 0 Å². The molecule has 0 radical (unpaired) electrons. The Morgan fingerprint density at radius 3 is 2.46 bits per heavy atom. The van der Waals surface area contributed by atoms with Crippen molar-refractivity contribution in [2.45, 2.75) is 6.42 Å². The molecule has 0 heterocycles. The molecule has 0 aliphatic heterocycles. The molecule has 124 valence electrons. The first kappa shape index (κ1) is 18.1. The summed E-state index contributed by atoms with van der Waals surface area (Å²) in [5.41, 5.74) is 2.13. The third kappa shape index (κ3) is 5.43. The lowest BCUT2D eigenvalue weighted by molar-refractivity contribution is -0.119. The third-order valence-electron chi connectivity index (χ3n) is 3.17. The summed E-state index contributed by atoms with van der Waals surface area (Å²) in [4.78, 5) is 23.4. The molecule has 0 saturated carbocycles. The summed E-state index contributed by atoms with van der Waals surface area (Å²) in [6, 6.07) is 14.3. The molecule has 0 aliphatic carbocycles. The van der Waals surface area contributed by atoms with E-state index in [9.17, 15) is 9.59 Å². The van der Waals surface area contributed by atoms with Crippen LogP contribution >= 0.6 is 28.1 Å². The molecule has 0 aliphatic rings. The molecule has 0 spiro atoms. The van der Waals surface area contributed by atoms with Crippen molar-refractivity contribution < 1.29 is 9.59 Å². The number of benzene rings is 2. The maximum Gasteiger partial charge on any atom is 0.257 e. The number of nitrogens with one attached hydrogen (secondary N) is 3. The summed E-state index contributed by atoms with van der Waals surface area (Å²) in [7, 11) is 1.60. The fraction of sp³-hybridized carbons (Fsp3) is 0.118. The van der Waals surface area contributed by atoms with E-state index in [1.54, 1.807) is 37.4 Å². The van der Waals surface area contributed by atoms with Crippen LogP contribution in [0.2, 0.25) is 0 Å². The second-order valence-corrected chi connectivity index (χ2v) is 6.29. The van der Waals surface area contributed by atoms with Crippen LogP contribution in [0.1, 0.15) is 15.9 Å². The van der Waals surface area contributed by atoms with Gasteiger partial charge in [0.1, 0.15) is 0 Å². The number of carbonyl (C=O) groups excluding carboxylic acids is 2. The molecule has 0 atom stereocenters. The van der Waals surface area contributed by atoms with Gasteiger partial charge in [0.25, 0.3) is 5.91 Å². The van der Waals surface area contributed by atoms with Crippen LogP contribution in [0.5, 0.6) is 0 Å². The lowest BCUT2D eigenvalue weighted by atomic mass is 10.1. The number of rotatable bonds is 4. The zero-order valence-electron chi connectivity index (χ0n) is 12.9. The lowest BCUT2D eigenvalue weighted by Gasteiger charge is -2.10. The Morgan fingerprint density at radius 1 is 1.12 bits per heavy atom. The fourth-order valence-corrected chi connectivity index (χ4v) is 2.56. The number of amides is 2. The predicted octanol–water partition coefficient (Wildman–Crippen LogP) is 2.86. The maximum atomic E-state index is 12.1. The van der Waals surface area contributed by atoms with Crippen LogP contribution in [-0.2, 0) is 11.2 Å². The van der Waals surface area contributed by atoms with Gasteiger partial charge in [-0.15, -0.1) is 0 Å². The highest BCUT2D eigenvalue weighted by Gasteiger charge is 2.08. The second-order valence-electron chi connectivity index (χ2n) is 4.97. The molecule has 2 aromatic rings. The van der Waals surface area contributed by atoms with E-state index in [0.29, 0.717) is 12.0 Å². The lowest BCUT2D eigenvalue weighted by Crippen LogP contribution is -2.34. The van der Waals surface area contributed by atoms with Crippen molar-refractivity contribution in [3.05, 3.63) is 64.1 Å². The summed E-state index contributed by atoms with van der Waals surface area (Å²) < 4.78 is 0.820. The highest BCUT2D eigenvalue weighted by molar-refractivity contribution is 9.10. The van der Waals surface area contributed by atoms with Gasteiger partial charge in [0.15, 0.2) is 5.11 Å². The Hall–Kier alpha value is -2.25. The first-order valence-electron chi connectivity index (χ1n) is 7.15. The van der Waals surface area contributed by atoms with Crippen LogP contribution in [0, 0.1) is 0 Å². The summed E-state index contributed by atoms with van der Waals surface area (Å²) in [5.74, 6) is -0.336. The average Bonchev–Trinajstić information content (AvgIpc) is 2.56. The van der Waals surface area contributed by atoms with Gasteiger partial charge >= 0.3 is 0 Å². The standard InChI is InChI=1S/C17H16BrN3O2S/c1-19-15(22)9-11-5-7-14(8-6-11)20-17(24)21-16(23)12-3-2-4-13(18)10-12/h2-8,10H,9H2,1H3,(H,19,22)(H2,20,21,23,24). The van der Waals surface area contributed by atoms with Crippen LogP contribution in [0.3, 0.4) is 0 Å². The smallest absolute Gasteiger partial charge is 0.257 e. The quantitative estimate of drug-likeness (QED) is 0.683. The van der Waals surface area contributed by atoms with Crippen molar-refractivity contribution in [1.82, 2.24) is 10.6 Å². The molecule has 0 fully saturated rings. The van der Waals surface area contributed by atoms with E-state index >= 15 is 0 Å². The minimum absolute atomic E-state index is 0.0486. The van der Waals surface area contributed by atoms with E-state index < -0.39 is 0 Å². The van der Waals surface area contributed by atoms with Gasteiger partial charge in [-0.1, -0.05) is 34.1 Å². The number of halogens is 1. The molecule has 2 rings (SSSR count). The van der Waals surface area contributed by atoms with Gasteiger partial charge in [0.05, 0.1) is 6.42 Å². The molecule has 0 unspecified atom stereocenters. The van der Waals surface area contributed by atoms with Crippen molar-refractivity contribution in [1.29, 1.82) is 0 Å². The second kappa shape index (κ2) is 8.56. The van der Waals surface area contributed by atoms with E-state index in [1.807, 2.05) is 18.2 Å². The Labute approximate surface area is 154 Å². The highest BCUT2D eigenvalue weighted by Crippen LogP contribution is 2.12. The number of hydrogen-bond donors (Lipinski definition) is 3. The van der Waals surface area contributed by atoms with E-state index in [2.05, 4.69) is 31.9 Å². The molecule has 2 amide bonds. The average molecular weight is 406 g/mol. The third-order valence-corrected chi connectivity index (χ3v) is 3.87. The van der Waals surface area contributed by atoms with E-state index in [0.717, 1.165) is 15.7 Å². The van der Waals surface area contributed by atoms with Gasteiger partial charge in [0, 0.05) is 22.8 Å². The van der Waals surface area contributed by atoms with Crippen molar-refractivity contribution in [2.75, 3.05) is 12.4 Å². The van der Waals surface area contributed by atoms with Crippen molar-refractivity contribution in [3.8, 4) is 0 Å². The van der Waals surface area contributed by atoms with E-state index in [1.165, 1.54) is 0 Å². The molecular formula is C17H16BrN3O2S. The number of thiocarbonyl (C=S) groups is 1. The van der Waals surface area contributed by atoms with Crippen molar-refractivity contribution in [3.63, 3.8) is 0 Å². The van der Waals surface area contributed by atoms with E-state index in [-0.39, 0.29) is 16.9 Å². The minimum Gasteiger partial charge on any atom is -0.359 e. The number of hydrogen-bond acceptors (Lipinski definition) is 3. The van der Waals surface area contributed by atoms with Crippen LogP contribution in [0.4, 0.5) is 5.69 Å². The summed E-state index contributed by atoms with van der Waals surface area (Å²) in [5, 5.41) is 8.35. The largest absolute Gasteiger partial charge is 0.359 e. The molecule has 3 N–H and O–H groups in total. The van der Waals surface area contributed by atoms with Crippen LogP contribution in [0.15, 0.2) is 53.0 Å². The number of likely N-dealkylation sites (N-methyl/N-ethyl adjacent to an activating group) is 1. The monoisotopic (exact) mass is 405 g/mol. The maximum absolute atomic E-state index is 12.1. The predicted molar refractivity (Wildman–Crippen MR) is 102 cm³/mol. The van der Waals surface area contributed by atoms with Crippen LogP contribution < -0.4 is 16.0 Å². The van der Waals surface area contributed by atoms with Gasteiger partial charge in [-0.05, 0) is 48.1 Å². The zero-order valence-corrected chi connectivity index (χ0v) is 15.3. The van der Waals surface area contributed by atoms with Crippen molar-refractivity contribution in [2.24, 2.45) is 0 Å². The fourth-order valence-electron chi connectivity index (χ4n) is 1.95. The molecular weight excluding hydrogens is 390 g/mol. The molecule has 0 aromatic heterocycles. The van der Waals surface area contributed by atoms with E-state index in [4.69, 9.17) is 12.2 Å². The summed E-state index contributed by atoms with van der Waals surface area (Å²) in [6.07, 6.45) is 0.320. The van der Waals surface area contributed by atoms with Gasteiger partial charge < -0.3 is 10.6 Å². The Morgan fingerprint density at radius 2 is 1.83 bits per heavy atom. The highest BCUT2D eigenvalue weighted by atomic mass is 79.9. The van der Waals surface area contributed by atoms with Crippen molar-refractivity contribution >= 4 is 50.8 Å². The molecule has 0 bridgehead atoms. The molecule has 5 nitrogen and oxygen atoms in total. The Balaban J connectivity index is 1.92. The minimum atomic E-state index is -0.287. The molecule has 7 heteroatoms. The van der Waals surface area contributed by atoms with Crippen LogP contribution in [-0.4, -0.2) is 24.0 Å². The first-order valence-corrected chi connectivity index (χ1v) is 8.35. The van der Waals surface area contributed by atoms with Gasteiger partial charge in [-0.3, -0.25) is 14.9 Å². The summed E-state index contributed by atoms with van der Waals surface area (Å²) in [6.45, 7) is 0. The number of anilines is 1. The van der Waals surface area contributed by atoms with Crippen LogP contribution in [0.25, 0.3) is 0 Å². The zero-order chi connectivity index (χ0) is 17.5. The molecule has 2 aromatic carbocycles. The van der Waals surface area contributed by atoms with Gasteiger partial charge in [0.2, 0.25) is 5.91 Å². The molecule has 0 saturated heterocycles. The number of carbonyl (C=O) groups is 2. The molecule has 24 heavy (non-hydrogen) atoms. The first-order chi connectivity index (χ1) is 11.5. The Bertz CT molecular complexity index is 763. The van der Waals surface area contributed by atoms with Gasteiger partial charge in [-0.25, -0.2) is 0 Å². The SMILES string of the molecule is CNC(=O)Cc1ccc(NC(=S)NC(=O)c2cccc(Br)c2)cc1. The normalized spacial score (nSPS) is 9.92. The summed E-state index contributed by atoms with van der Waals surface area (Å²) >= 11 is 8.47. The Kier molecular flexibility index (Phi) is 6.45.